The van der Waals surface area contributed by atoms with Crippen molar-refractivity contribution in [1.82, 2.24) is 9.80 Å². The lowest BCUT2D eigenvalue weighted by Crippen LogP contribution is -2.71. The molecule has 600 valence electrons. The number of carbonyl (C=O) groups is 6. The molecule has 4 fully saturated rings. The van der Waals surface area contributed by atoms with Crippen molar-refractivity contribution in [2.45, 2.75) is 294 Å². The molecule has 1 aromatic rings. The molecule has 3 heterocycles. The number of cyclic esters (lactones) is 1. The van der Waals surface area contributed by atoms with E-state index in [0.717, 1.165) is 12.8 Å². The van der Waals surface area contributed by atoms with Crippen LogP contribution in [0.2, 0.25) is 0 Å². The maximum atomic E-state index is 14.2. The Bertz CT molecular complexity index is 3340. The molecule has 31 heteroatoms. The first-order valence-electron chi connectivity index (χ1n) is 36.7. The minimum absolute atomic E-state index is 0.00664. The Morgan fingerprint density at radius 3 is 1.86 bits per heavy atom. The van der Waals surface area contributed by atoms with Gasteiger partial charge in [-0.25, -0.2) is 4.18 Å². The fourth-order valence-corrected chi connectivity index (χ4v) is 16.4. The Morgan fingerprint density at radius 1 is 0.752 bits per heavy atom. The van der Waals surface area contributed by atoms with Crippen molar-refractivity contribution >= 4 is 51.4 Å². The second-order valence-electron chi connectivity index (χ2n) is 30.8. The molecule has 30 nitrogen and oxygen atoms in total. The zero-order chi connectivity index (χ0) is 79.7. The maximum Gasteiger partial charge on any atom is 0.397 e. The lowest BCUT2D eigenvalue weighted by molar-refractivity contribution is -0.319. The highest BCUT2D eigenvalue weighted by Gasteiger charge is 2.70. The van der Waals surface area contributed by atoms with Crippen molar-refractivity contribution in [2.75, 3.05) is 41.9 Å². The van der Waals surface area contributed by atoms with E-state index in [0.29, 0.717) is 12.8 Å². The number of Topliss-reactive ketones (excluding diaryl/α,β-unsaturated/α-hetero) is 3. The predicted molar refractivity (Wildman–Crippen MR) is 381 cm³/mol. The Labute approximate surface area is 617 Å². The molecule has 3 aliphatic carbocycles. The SMILES string of the molecule is CCC(=O)O[C@H]1[C@H](O[C@@H]2[C@@H](C)[C@H](O[C@H]3C[C@@](C)(OC)[C@@H](O)[C@H](C)O3)[C@@H](C)C(=O)O[C@H](CC)[C@@](C)(O)[C@H](O)[C@@H](C)C(=O)[C@H](C)C[C@@]2(C)O)O[C@H](C)C[C@@H]1N(C)C.CCCCCCCCCCCCOS(=O)(=O)O.CN(C)[C@@H]1C(=O)C(C(N)=O)=C(O)[C@@]2(O)C(=O)C3=C(O)c4c(O)cccc4[C@@](C)(O)[C@H]3[C@H](O)[C@@H]12. The van der Waals surface area contributed by atoms with Gasteiger partial charge in [0.1, 0.15) is 46.4 Å². The average molecular weight is 1520 g/mol. The number of benzene rings is 1. The maximum absolute atomic E-state index is 14.2. The number of likely N-dealkylation sites (N-methyl/N-ethyl adjacent to an activating group) is 2. The first kappa shape index (κ1) is 90.4. The summed E-state index contributed by atoms with van der Waals surface area (Å²) >= 11 is 0. The molecule has 0 spiro atoms. The molecule has 0 unspecified atom stereocenters. The number of ketones is 3. The quantitative estimate of drug-likeness (QED) is 0.0294. The Kier molecular flexibility index (Phi) is 31.9. The number of carbonyl (C=O) groups excluding carboxylic acids is 6. The first-order chi connectivity index (χ1) is 48.6. The van der Waals surface area contributed by atoms with Crippen LogP contribution in [0.5, 0.6) is 5.75 Å². The van der Waals surface area contributed by atoms with E-state index in [4.69, 9.17) is 43.4 Å². The number of ether oxygens (including phenoxy) is 7. The van der Waals surface area contributed by atoms with Gasteiger partial charge in [0.2, 0.25) is 5.78 Å². The van der Waals surface area contributed by atoms with E-state index in [1.807, 2.05) is 25.9 Å². The molecule has 0 bridgehead atoms. The summed E-state index contributed by atoms with van der Waals surface area (Å²) in [7, 11) is 3.77. The Balaban J connectivity index is 0.000000331. The zero-order valence-electron chi connectivity index (χ0n) is 64.3. The zero-order valence-corrected chi connectivity index (χ0v) is 65.2. The number of amides is 1. The van der Waals surface area contributed by atoms with Crippen molar-refractivity contribution in [3.63, 3.8) is 0 Å². The van der Waals surface area contributed by atoms with Gasteiger partial charge < -0.3 is 94.9 Å². The molecular formula is C74H121N3O27S. The van der Waals surface area contributed by atoms with Crippen LogP contribution in [0.15, 0.2) is 35.1 Å². The van der Waals surface area contributed by atoms with Crippen LogP contribution < -0.4 is 5.73 Å². The number of hydrogen-bond donors (Lipinski definition) is 12. The number of hydrogen-bond acceptors (Lipinski definition) is 28. The van der Waals surface area contributed by atoms with E-state index in [-0.39, 0.29) is 55.6 Å². The van der Waals surface area contributed by atoms with E-state index in [9.17, 15) is 88.3 Å². The van der Waals surface area contributed by atoms with Gasteiger partial charge in [0.25, 0.3) is 5.91 Å². The van der Waals surface area contributed by atoms with Gasteiger partial charge >= 0.3 is 22.3 Å². The summed E-state index contributed by atoms with van der Waals surface area (Å²) in [4.78, 5) is 82.8. The summed E-state index contributed by atoms with van der Waals surface area (Å²) in [6.45, 7) is 21.6. The predicted octanol–water partition coefficient (Wildman–Crippen LogP) is 5.07. The van der Waals surface area contributed by atoms with E-state index in [1.165, 1.54) is 117 Å². The van der Waals surface area contributed by atoms with Gasteiger partial charge in [0.15, 0.2) is 30.1 Å². The van der Waals surface area contributed by atoms with Crippen LogP contribution in [0.1, 0.15) is 197 Å². The van der Waals surface area contributed by atoms with Crippen LogP contribution in [0, 0.1) is 35.5 Å². The number of rotatable bonds is 23. The van der Waals surface area contributed by atoms with Crippen molar-refractivity contribution in [3.8, 4) is 5.75 Å². The third-order valence-electron chi connectivity index (χ3n) is 22.1. The summed E-state index contributed by atoms with van der Waals surface area (Å²) in [6, 6.07) is 2.18. The number of unbranched alkanes of at least 4 members (excludes halogenated alkanes) is 9. The molecule has 24 atom stereocenters. The largest absolute Gasteiger partial charge is 0.508 e. The van der Waals surface area contributed by atoms with Crippen LogP contribution in [0.25, 0.3) is 5.76 Å². The highest BCUT2D eigenvalue weighted by Crippen LogP contribution is 2.57. The number of aliphatic hydroxyl groups excluding tert-OH is 5. The second-order valence-corrected chi connectivity index (χ2v) is 31.9. The number of phenols is 1. The molecular weight excluding hydrogens is 1390 g/mol. The molecule has 7 rings (SSSR count). The second kappa shape index (κ2) is 37.0. The molecule has 13 N–H and O–H groups in total. The smallest absolute Gasteiger partial charge is 0.397 e. The minimum atomic E-state index is -4.23. The highest BCUT2D eigenvalue weighted by atomic mass is 32.3. The molecule has 105 heavy (non-hydrogen) atoms. The Morgan fingerprint density at radius 2 is 1.33 bits per heavy atom. The average Bonchev–Trinajstić information content (AvgIpc) is 0.681. The van der Waals surface area contributed by atoms with Crippen LogP contribution >= 0.6 is 0 Å². The fraction of sp³-hybridized carbons (Fsp3) is 0.784. The molecule has 0 radical (unpaired) electrons. The molecule has 3 saturated heterocycles. The van der Waals surface area contributed by atoms with Crippen LogP contribution in [0.4, 0.5) is 0 Å². The molecule has 1 saturated carbocycles. The summed E-state index contributed by atoms with van der Waals surface area (Å²) in [5.74, 6) is -15.3. The van der Waals surface area contributed by atoms with Crippen molar-refractivity contribution in [3.05, 3.63) is 46.2 Å². The number of primary amides is 1. The number of aliphatic hydroxyl groups is 9. The number of fused-ring (bicyclic) bond motifs is 3. The highest BCUT2D eigenvalue weighted by molar-refractivity contribution is 7.80. The van der Waals surface area contributed by atoms with Gasteiger partial charge in [-0.3, -0.25) is 38.2 Å². The van der Waals surface area contributed by atoms with Crippen LogP contribution in [0.3, 0.4) is 0 Å². The van der Waals surface area contributed by atoms with Gasteiger partial charge in [0.05, 0.1) is 101 Å². The van der Waals surface area contributed by atoms with Gasteiger partial charge in [-0.1, -0.05) is 111 Å². The van der Waals surface area contributed by atoms with Gasteiger partial charge in [-0.2, -0.15) is 8.42 Å². The van der Waals surface area contributed by atoms with Crippen molar-refractivity contribution in [1.29, 1.82) is 0 Å². The number of methoxy groups -OCH3 is 1. The van der Waals surface area contributed by atoms with Crippen LogP contribution in [-0.2, 0) is 82.1 Å². The molecule has 6 aliphatic rings. The van der Waals surface area contributed by atoms with Crippen molar-refractivity contribution in [2.24, 2.45) is 41.2 Å². The normalized spacial score (nSPS) is 37.8. The number of esters is 2. The van der Waals surface area contributed by atoms with Gasteiger partial charge in [-0.15, -0.1) is 0 Å². The molecule has 0 aromatic heterocycles. The summed E-state index contributed by atoms with van der Waals surface area (Å²) in [5.41, 5.74) is -6.70. The molecule has 1 amide bonds. The fourth-order valence-electron chi connectivity index (χ4n) is 16.1. The number of nitrogens with two attached hydrogens (primary N) is 1. The summed E-state index contributed by atoms with van der Waals surface area (Å²) in [6.07, 6.45) is 0.300. The Hall–Kier alpha value is -5.17. The molecule has 1 aromatic carbocycles. The standard InChI is InChI=1S/C40H71NO14.C22H24N2O9.C12H26O4S/c1-15-27-40(11,48)33(44)22(5)30(43)20(3)18-38(9,47)35(55-37-32(53-28(42)16-2)26(41(12)13)17-21(4)50-37)23(6)31(24(7)36(46)52-27)54-29-19-39(10,49-14)34(45)25(8)51-29;1-21(32)7-5-4-6-8(25)9(7)15(26)10-12(21)17(28)13-14(24(2)3)16(27)11(20(23)31)19(30)22(13,33)18(10)29;1-2-3-4-5-6-7-8-9-10-11-12-16-17(13,14)15/h20-27,29,31-35,37,44-45,47-48H,15-19H2,1-14H3;4-6,12-14,17,25-26,28,30,32-33H,1-3H3,(H2,23,31);2-12H2,1H3,(H,13,14,15)/t20-,21-,22+,23+,24-,25+,26+,27-,29+,31+,32-,33-,34+,35-,37+,38-,39-,40-;12-,13-,14+,17+,21-,22+;/m11./s1. The summed E-state index contributed by atoms with van der Waals surface area (Å²) < 4.78 is 76.6. The first-order valence-corrected chi connectivity index (χ1v) is 38.1. The summed E-state index contributed by atoms with van der Waals surface area (Å²) in [5, 5.41) is 113. The van der Waals surface area contributed by atoms with Crippen molar-refractivity contribution < 1.29 is 130 Å². The van der Waals surface area contributed by atoms with E-state index < -0.39 is 205 Å². The van der Waals surface area contributed by atoms with Gasteiger partial charge in [-0.05, 0) is 114 Å². The lowest BCUT2D eigenvalue weighted by Gasteiger charge is -2.55. The van der Waals surface area contributed by atoms with E-state index in [1.54, 1.807) is 48.5 Å². The van der Waals surface area contributed by atoms with E-state index >= 15 is 0 Å². The van der Waals surface area contributed by atoms with Crippen LogP contribution in [-0.4, -0.2) is 253 Å². The third-order valence-corrected chi connectivity index (χ3v) is 22.6. The lowest BCUT2D eigenvalue weighted by atomic mass is 9.53. The minimum Gasteiger partial charge on any atom is -0.508 e. The van der Waals surface area contributed by atoms with Gasteiger partial charge in [0, 0.05) is 37.7 Å². The monoisotopic (exact) mass is 1520 g/mol. The number of nitrogens with zero attached hydrogens (tertiary/aromatic N) is 2. The molecule has 3 aliphatic heterocycles. The third kappa shape index (κ3) is 20.3. The number of phenolic OH excluding ortho intramolecular Hbond substituents is 1. The topological polar surface area (TPSA) is 465 Å². The number of aromatic hydroxyl groups is 1. The van der Waals surface area contributed by atoms with E-state index in [2.05, 4.69) is 11.1 Å².